The van der Waals surface area contributed by atoms with Gasteiger partial charge in [-0.3, -0.25) is 9.59 Å². The lowest BCUT2D eigenvalue weighted by molar-refractivity contribution is -0.119. The molecule has 1 heterocycles. The molecule has 0 aromatic heterocycles. The van der Waals surface area contributed by atoms with Crippen LogP contribution < -0.4 is 9.64 Å². The molecular weight excluding hydrogens is 333 g/mol. The van der Waals surface area contributed by atoms with Crippen molar-refractivity contribution in [3.63, 3.8) is 0 Å². The minimum Gasteiger partial charge on any atom is -0.494 e. The quantitative estimate of drug-likeness (QED) is 0.793. The van der Waals surface area contributed by atoms with Gasteiger partial charge in [0.2, 0.25) is 0 Å². The van der Waals surface area contributed by atoms with Crippen molar-refractivity contribution in [1.82, 2.24) is 0 Å². The molecule has 0 unspecified atom stereocenters. The van der Waals surface area contributed by atoms with Crippen molar-refractivity contribution in [3.05, 3.63) is 64.9 Å². The molecule has 0 N–H and O–H groups in total. The van der Waals surface area contributed by atoms with Crippen molar-refractivity contribution >= 4 is 34.7 Å². The highest BCUT2D eigenvalue weighted by Crippen LogP contribution is 2.35. The number of ether oxygens (including phenoxy) is 1. The molecule has 0 spiro atoms. The zero-order chi connectivity index (χ0) is 17.3. The molecule has 0 saturated carbocycles. The summed E-state index contributed by atoms with van der Waals surface area (Å²) in [7, 11) is 0. The van der Waals surface area contributed by atoms with Crippen LogP contribution in [0.3, 0.4) is 0 Å². The summed E-state index contributed by atoms with van der Waals surface area (Å²) in [5, 5.41) is -0.187. The molecule has 122 valence electrons. The Morgan fingerprint density at radius 2 is 1.79 bits per heavy atom. The lowest BCUT2D eigenvalue weighted by Gasteiger charge is -2.14. The van der Waals surface area contributed by atoms with Crippen molar-refractivity contribution in [2.75, 3.05) is 11.5 Å². The molecule has 1 aliphatic rings. The van der Waals surface area contributed by atoms with Gasteiger partial charge >= 0.3 is 0 Å². The Labute approximate surface area is 143 Å². The number of hydrogen-bond donors (Lipinski definition) is 0. The standard InChI is InChI=1S/C18H13ClFNO3/c1-2-24-14-8-6-11(7-9-14)15-16(19)18(23)21(17(15)22)13-5-3-4-12(20)10-13/h3-10H,2H2,1H3. The van der Waals surface area contributed by atoms with Gasteiger partial charge in [0.1, 0.15) is 16.6 Å². The van der Waals surface area contributed by atoms with Gasteiger partial charge < -0.3 is 4.74 Å². The first kappa shape index (κ1) is 16.2. The number of hydrogen-bond acceptors (Lipinski definition) is 3. The molecule has 0 atom stereocenters. The van der Waals surface area contributed by atoms with E-state index in [0.717, 1.165) is 11.0 Å². The SMILES string of the molecule is CCOc1ccc(C2=C(Cl)C(=O)N(c3cccc(F)c3)C2=O)cc1. The smallest absolute Gasteiger partial charge is 0.277 e. The van der Waals surface area contributed by atoms with E-state index in [0.29, 0.717) is 17.9 Å². The van der Waals surface area contributed by atoms with Crippen LogP contribution in [0.2, 0.25) is 0 Å². The summed E-state index contributed by atoms with van der Waals surface area (Å²) in [5.41, 5.74) is 0.735. The number of carbonyl (C=O) groups excluding carboxylic acids is 2. The average Bonchev–Trinajstić information content (AvgIpc) is 2.78. The molecule has 2 amide bonds. The van der Waals surface area contributed by atoms with Crippen molar-refractivity contribution < 1.29 is 18.7 Å². The van der Waals surface area contributed by atoms with Crippen LogP contribution in [0, 0.1) is 5.82 Å². The fourth-order valence-electron chi connectivity index (χ4n) is 2.49. The predicted molar refractivity (Wildman–Crippen MR) is 89.3 cm³/mol. The van der Waals surface area contributed by atoms with Crippen molar-refractivity contribution in [2.24, 2.45) is 0 Å². The maximum atomic E-state index is 13.4. The summed E-state index contributed by atoms with van der Waals surface area (Å²) >= 11 is 6.09. The average molecular weight is 346 g/mol. The topological polar surface area (TPSA) is 46.6 Å². The van der Waals surface area contributed by atoms with Gasteiger partial charge in [-0.05, 0) is 42.8 Å². The number of imide groups is 1. The third-order valence-corrected chi connectivity index (χ3v) is 3.90. The van der Waals surface area contributed by atoms with Crippen molar-refractivity contribution in [2.45, 2.75) is 6.92 Å². The molecule has 6 heteroatoms. The number of benzene rings is 2. The summed E-state index contributed by atoms with van der Waals surface area (Å²) in [6.07, 6.45) is 0. The van der Waals surface area contributed by atoms with Crippen LogP contribution in [0.4, 0.5) is 10.1 Å². The van der Waals surface area contributed by atoms with Crippen LogP contribution >= 0.6 is 11.6 Å². The van der Waals surface area contributed by atoms with E-state index in [9.17, 15) is 14.0 Å². The molecule has 4 nitrogen and oxygen atoms in total. The monoisotopic (exact) mass is 345 g/mol. The van der Waals surface area contributed by atoms with Crippen LogP contribution in [0.25, 0.3) is 5.57 Å². The first-order chi connectivity index (χ1) is 11.5. The number of halogens is 2. The molecule has 0 radical (unpaired) electrons. The van der Waals surface area contributed by atoms with Crippen LogP contribution in [-0.4, -0.2) is 18.4 Å². The first-order valence-electron chi connectivity index (χ1n) is 7.30. The maximum Gasteiger partial charge on any atom is 0.277 e. The van der Waals surface area contributed by atoms with E-state index >= 15 is 0 Å². The van der Waals surface area contributed by atoms with Crippen LogP contribution in [0.15, 0.2) is 53.6 Å². The van der Waals surface area contributed by atoms with E-state index in [1.54, 1.807) is 24.3 Å². The molecule has 2 aromatic rings. The summed E-state index contributed by atoms with van der Waals surface area (Å²) < 4.78 is 18.7. The Hall–Kier alpha value is -2.66. The van der Waals surface area contributed by atoms with E-state index in [1.165, 1.54) is 18.2 Å². The van der Waals surface area contributed by atoms with Gasteiger partial charge in [0, 0.05) is 0 Å². The Balaban J connectivity index is 1.97. The minimum atomic E-state index is -0.670. The van der Waals surface area contributed by atoms with Gasteiger partial charge in [-0.1, -0.05) is 29.8 Å². The molecule has 0 fully saturated rings. The maximum absolute atomic E-state index is 13.4. The van der Waals surface area contributed by atoms with E-state index < -0.39 is 17.6 Å². The zero-order valence-corrected chi connectivity index (χ0v) is 13.5. The molecule has 2 aromatic carbocycles. The van der Waals surface area contributed by atoms with Crippen LogP contribution in [-0.2, 0) is 9.59 Å². The number of amides is 2. The van der Waals surface area contributed by atoms with Gasteiger partial charge in [-0.2, -0.15) is 0 Å². The largest absolute Gasteiger partial charge is 0.494 e. The first-order valence-corrected chi connectivity index (χ1v) is 7.68. The Morgan fingerprint density at radius 3 is 2.42 bits per heavy atom. The van der Waals surface area contributed by atoms with E-state index in [-0.39, 0.29) is 16.3 Å². The number of anilines is 1. The fraction of sp³-hybridized carbons (Fsp3) is 0.111. The molecule has 24 heavy (non-hydrogen) atoms. The summed E-state index contributed by atoms with van der Waals surface area (Å²) in [4.78, 5) is 25.9. The van der Waals surface area contributed by atoms with E-state index in [1.807, 2.05) is 6.92 Å². The summed E-state index contributed by atoms with van der Waals surface area (Å²) in [5.74, 6) is -1.15. The lowest BCUT2D eigenvalue weighted by atomic mass is 10.1. The van der Waals surface area contributed by atoms with Crippen molar-refractivity contribution in [3.8, 4) is 5.75 Å². The third kappa shape index (κ3) is 2.78. The van der Waals surface area contributed by atoms with Gasteiger partial charge in [-0.15, -0.1) is 0 Å². The highest BCUT2D eigenvalue weighted by molar-refractivity contribution is 6.60. The highest BCUT2D eigenvalue weighted by Gasteiger charge is 2.39. The fourth-order valence-corrected chi connectivity index (χ4v) is 2.76. The molecule has 0 aliphatic carbocycles. The zero-order valence-electron chi connectivity index (χ0n) is 12.8. The normalized spacial score (nSPS) is 14.5. The second-order valence-corrected chi connectivity index (χ2v) is 5.45. The highest BCUT2D eigenvalue weighted by atomic mass is 35.5. The van der Waals surface area contributed by atoms with Crippen molar-refractivity contribution in [1.29, 1.82) is 0 Å². The van der Waals surface area contributed by atoms with Gasteiger partial charge in [-0.25, -0.2) is 9.29 Å². The molecule has 0 saturated heterocycles. The third-order valence-electron chi connectivity index (χ3n) is 3.55. The number of rotatable bonds is 4. The Kier molecular flexibility index (Phi) is 4.36. The summed E-state index contributed by atoms with van der Waals surface area (Å²) in [6.45, 7) is 2.39. The molecule has 1 aliphatic heterocycles. The lowest BCUT2D eigenvalue weighted by Crippen LogP contribution is -2.31. The van der Waals surface area contributed by atoms with Gasteiger partial charge in [0.25, 0.3) is 11.8 Å². The number of nitrogens with zero attached hydrogens (tertiary/aromatic N) is 1. The Bertz CT molecular complexity index is 846. The minimum absolute atomic E-state index is 0.0916. The molecule has 3 rings (SSSR count). The van der Waals surface area contributed by atoms with Crippen LogP contribution in [0.1, 0.15) is 12.5 Å². The Morgan fingerprint density at radius 1 is 1.08 bits per heavy atom. The van der Waals surface area contributed by atoms with Gasteiger partial charge in [0.05, 0.1) is 17.9 Å². The van der Waals surface area contributed by atoms with E-state index in [4.69, 9.17) is 16.3 Å². The number of carbonyl (C=O) groups is 2. The second kappa shape index (κ2) is 6.45. The molecular formula is C18H13ClFNO3. The van der Waals surface area contributed by atoms with Crippen LogP contribution in [0.5, 0.6) is 5.75 Å². The molecule has 0 bridgehead atoms. The van der Waals surface area contributed by atoms with Gasteiger partial charge in [0.15, 0.2) is 0 Å². The second-order valence-electron chi connectivity index (χ2n) is 5.07. The summed E-state index contributed by atoms with van der Waals surface area (Å²) in [6, 6.07) is 11.9. The van der Waals surface area contributed by atoms with E-state index in [2.05, 4.69) is 0 Å². The predicted octanol–water partition coefficient (Wildman–Crippen LogP) is 3.75.